The number of aliphatic hydroxyl groups excluding tert-OH is 2. The number of hydrogen-bond donors (Lipinski definition) is 2. The Kier molecular flexibility index (Phi) is 1.53. The van der Waals surface area contributed by atoms with E-state index in [9.17, 15) is 10.2 Å². The van der Waals surface area contributed by atoms with Crippen molar-refractivity contribution < 1.29 is 10.2 Å². The summed E-state index contributed by atoms with van der Waals surface area (Å²) in [4.78, 5) is 10.6. The molecule has 0 aromatic heterocycles. The van der Waals surface area contributed by atoms with Crippen LogP contribution in [0.3, 0.4) is 0 Å². The lowest BCUT2D eigenvalue weighted by Gasteiger charge is -2.37. The topological polar surface area (TPSA) is 71.7 Å². The summed E-state index contributed by atoms with van der Waals surface area (Å²) in [5.41, 5.74) is 0.398. The quantitative estimate of drug-likeness (QED) is 0.520. The summed E-state index contributed by atoms with van der Waals surface area (Å²) in [7, 11) is 3.26. The molecule has 0 aromatic rings. The van der Waals surface area contributed by atoms with Crippen molar-refractivity contribution in [1.29, 1.82) is 0 Å². The lowest BCUT2D eigenvalue weighted by Crippen LogP contribution is -2.51. The van der Waals surface area contributed by atoms with Gasteiger partial charge in [-0.25, -0.2) is 9.98 Å². The fourth-order valence-electron chi connectivity index (χ4n) is 1.32. The van der Waals surface area contributed by atoms with Gasteiger partial charge >= 0.3 is 0 Å². The minimum absolute atomic E-state index is 0.0573. The normalized spacial score (nSPS) is 26.7. The van der Waals surface area contributed by atoms with Gasteiger partial charge in [-0.1, -0.05) is 0 Å². The number of likely N-dealkylation sites (N-methyl/N-ethyl adjacent to an activating group) is 1. The molecule has 0 amide bonds. The molecule has 2 heterocycles. The predicted molar refractivity (Wildman–Crippen MR) is 47.1 cm³/mol. The standard InChI is InChI=1S/C7H10N4O2/c1-10-5-4(8-3-9-5)6(12)11(2)7(10)13/h3,7,12-13H,1-2H3. The van der Waals surface area contributed by atoms with Gasteiger partial charge in [-0.05, 0) is 0 Å². The molecule has 0 aromatic carbocycles. The van der Waals surface area contributed by atoms with E-state index in [-0.39, 0.29) is 5.88 Å². The number of rotatable bonds is 0. The van der Waals surface area contributed by atoms with E-state index in [2.05, 4.69) is 9.98 Å². The summed E-state index contributed by atoms with van der Waals surface area (Å²) in [5.74, 6) is 0.432. The SMILES string of the molecule is CN1C2=NC=NC2=C(O)N(C)C1O. The summed E-state index contributed by atoms with van der Waals surface area (Å²) in [6.07, 6.45) is 0.452. The van der Waals surface area contributed by atoms with Crippen LogP contribution < -0.4 is 0 Å². The Morgan fingerprint density at radius 1 is 1.38 bits per heavy atom. The van der Waals surface area contributed by atoms with Crippen molar-refractivity contribution in [2.45, 2.75) is 6.35 Å². The molecule has 13 heavy (non-hydrogen) atoms. The highest BCUT2D eigenvalue weighted by Gasteiger charge is 2.34. The van der Waals surface area contributed by atoms with E-state index in [0.29, 0.717) is 11.5 Å². The maximum absolute atomic E-state index is 9.59. The molecule has 0 saturated carbocycles. The van der Waals surface area contributed by atoms with Gasteiger partial charge in [0.05, 0.1) is 0 Å². The lowest BCUT2D eigenvalue weighted by molar-refractivity contribution is -0.0663. The molecule has 2 N–H and O–H groups in total. The summed E-state index contributed by atoms with van der Waals surface area (Å²) >= 11 is 0. The fourth-order valence-corrected chi connectivity index (χ4v) is 1.32. The summed E-state index contributed by atoms with van der Waals surface area (Å²) in [6, 6.07) is 0. The van der Waals surface area contributed by atoms with E-state index in [1.165, 1.54) is 16.1 Å². The Labute approximate surface area is 75.1 Å². The van der Waals surface area contributed by atoms with Gasteiger partial charge in [0.2, 0.25) is 12.2 Å². The van der Waals surface area contributed by atoms with Crippen LogP contribution in [-0.2, 0) is 0 Å². The fraction of sp³-hybridized carbons (Fsp3) is 0.429. The van der Waals surface area contributed by atoms with Crippen LogP contribution in [0, 0.1) is 0 Å². The highest BCUT2D eigenvalue weighted by atomic mass is 16.3. The van der Waals surface area contributed by atoms with E-state index in [0.717, 1.165) is 0 Å². The van der Waals surface area contributed by atoms with E-state index < -0.39 is 6.35 Å². The molecule has 0 saturated heterocycles. The van der Waals surface area contributed by atoms with Crippen molar-refractivity contribution in [1.82, 2.24) is 9.80 Å². The second kappa shape index (κ2) is 2.46. The minimum Gasteiger partial charge on any atom is -0.493 e. The van der Waals surface area contributed by atoms with Crippen molar-refractivity contribution in [2.75, 3.05) is 14.1 Å². The first-order chi connectivity index (χ1) is 6.13. The van der Waals surface area contributed by atoms with Gasteiger partial charge in [-0.15, -0.1) is 0 Å². The number of amidine groups is 1. The third-order valence-electron chi connectivity index (χ3n) is 2.15. The molecule has 0 spiro atoms. The molecule has 6 nitrogen and oxygen atoms in total. The Morgan fingerprint density at radius 3 is 2.77 bits per heavy atom. The van der Waals surface area contributed by atoms with Gasteiger partial charge in [0.25, 0.3) is 0 Å². The third kappa shape index (κ3) is 0.919. The highest BCUT2D eigenvalue weighted by Crippen LogP contribution is 2.23. The van der Waals surface area contributed by atoms with Crippen molar-refractivity contribution in [3.05, 3.63) is 11.6 Å². The van der Waals surface area contributed by atoms with Crippen LogP contribution in [0.5, 0.6) is 0 Å². The van der Waals surface area contributed by atoms with Crippen LogP contribution in [0.1, 0.15) is 0 Å². The van der Waals surface area contributed by atoms with E-state index >= 15 is 0 Å². The number of hydrogen-bond acceptors (Lipinski definition) is 6. The number of nitrogens with zero attached hydrogens (tertiary/aromatic N) is 4. The van der Waals surface area contributed by atoms with Crippen molar-refractivity contribution in [3.63, 3.8) is 0 Å². The van der Waals surface area contributed by atoms with Crippen LogP contribution in [0.25, 0.3) is 0 Å². The Bertz CT molecular complexity index is 333. The first kappa shape index (κ1) is 8.06. The second-order valence-corrected chi connectivity index (χ2v) is 2.94. The molecule has 0 fully saturated rings. The Balaban J connectivity index is 2.50. The molecule has 0 radical (unpaired) electrons. The van der Waals surface area contributed by atoms with Crippen molar-refractivity contribution in [3.8, 4) is 0 Å². The first-order valence-corrected chi connectivity index (χ1v) is 3.80. The van der Waals surface area contributed by atoms with Gasteiger partial charge < -0.3 is 20.0 Å². The summed E-state index contributed by atoms with van der Waals surface area (Å²) in [6.45, 7) is 0. The van der Waals surface area contributed by atoms with Gasteiger partial charge in [-0.3, -0.25) is 0 Å². The maximum atomic E-state index is 9.59. The summed E-state index contributed by atoms with van der Waals surface area (Å²) < 4.78 is 0. The monoisotopic (exact) mass is 182 g/mol. The smallest absolute Gasteiger partial charge is 0.220 e. The highest BCUT2D eigenvalue weighted by molar-refractivity contribution is 6.06. The van der Waals surface area contributed by atoms with E-state index in [4.69, 9.17) is 0 Å². The number of fused-ring (bicyclic) bond motifs is 1. The van der Waals surface area contributed by atoms with Crippen LogP contribution in [0.15, 0.2) is 21.6 Å². The molecule has 1 unspecified atom stereocenters. The average Bonchev–Trinajstić information content (AvgIpc) is 2.59. The van der Waals surface area contributed by atoms with Crippen LogP contribution in [0.4, 0.5) is 0 Å². The van der Waals surface area contributed by atoms with Crippen molar-refractivity contribution in [2.24, 2.45) is 9.98 Å². The Hall–Kier alpha value is -1.56. The molecule has 2 aliphatic rings. The molecule has 1 atom stereocenters. The minimum atomic E-state index is -0.899. The summed E-state index contributed by atoms with van der Waals surface area (Å²) in [5, 5.41) is 19.1. The zero-order valence-corrected chi connectivity index (χ0v) is 7.34. The average molecular weight is 182 g/mol. The largest absolute Gasteiger partial charge is 0.493 e. The molecule has 70 valence electrons. The van der Waals surface area contributed by atoms with Gasteiger partial charge in [-0.2, -0.15) is 0 Å². The van der Waals surface area contributed by atoms with Crippen LogP contribution >= 0.6 is 0 Å². The first-order valence-electron chi connectivity index (χ1n) is 3.80. The van der Waals surface area contributed by atoms with Crippen molar-refractivity contribution >= 4 is 12.2 Å². The lowest BCUT2D eigenvalue weighted by atomic mass is 10.3. The molecule has 6 heteroatoms. The van der Waals surface area contributed by atoms with Crippen LogP contribution in [0.2, 0.25) is 0 Å². The van der Waals surface area contributed by atoms with Gasteiger partial charge in [0, 0.05) is 14.1 Å². The van der Waals surface area contributed by atoms with E-state index in [1.807, 2.05) is 0 Å². The predicted octanol–water partition coefficient (Wildman–Crippen LogP) is -0.693. The van der Waals surface area contributed by atoms with Crippen LogP contribution in [-0.4, -0.2) is 52.6 Å². The zero-order chi connectivity index (χ0) is 9.59. The number of aliphatic hydroxyl groups is 2. The molecule has 0 bridgehead atoms. The zero-order valence-electron chi connectivity index (χ0n) is 7.34. The number of aliphatic imine (C=N–C) groups is 2. The molecule has 2 rings (SSSR count). The van der Waals surface area contributed by atoms with E-state index in [1.54, 1.807) is 14.1 Å². The molecule has 2 aliphatic heterocycles. The van der Waals surface area contributed by atoms with Gasteiger partial charge in [0.1, 0.15) is 6.34 Å². The third-order valence-corrected chi connectivity index (χ3v) is 2.15. The second-order valence-electron chi connectivity index (χ2n) is 2.94. The van der Waals surface area contributed by atoms with Gasteiger partial charge in [0.15, 0.2) is 11.5 Å². The molecular weight excluding hydrogens is 172 g/mol. The maximum Gasteiger partial charge on any atom is 0.220 e. The molecular formula is C7H10N4O2. The Morgan fingerprint density at radius 2 is 2.08 bits per heavy atom. The molecule has 0 aliphatic carbocycles.